The van der Waals surface area contributed by atoms with Gasteiger partial charge in [-0.3, -0.25) is 9.69 Å². The normalized spacial score (nSPS) is 14.6. The number of rotatable bonds is 3. The third-order valence-corrected chi connectivity index (χ3v) is 3.59. The highest BCUT2D eigenvalue weighted by Gasteiger charge is 2.21. The Labute approximate surface area is 117 Å². The summed E-state index contributed by atoms with van der Waals surface area (Å²) in [4.78, 5) is 14.3. The van der Waals surface area contributed by atoms with Gasteiger partial charge in [-0.2, -0.15) is 15.4 Å². The minimum atomic E-state index is -0.252. The molecule has 1 aliphatic heterocycles. The van der Waals surface area contributed by atoms with Crippen LogP contribution in [-0.2, 0) is 13.1 Å². The molecule has 0 atom stereocenters. The number of benzene rings is 1. The Morgan fingerprint density at radius 2 is 2.15 bits per heavy atom. The Kier molecular flexibility index (Phi) is 3.23. The Balaban J connectivity index is 1.75. The second-order valence-corrected chi connectivity index (χ2v) is 5.29. The lowest BCUT2D eigenvalue weighted by Gasteiger charge is -2.18. The maximum absolute atomic E-state index is 11.9. The number of nitrogens with one attached hydrogen (secondary N) is 2. The van der Waals surface area contributed by atoms with Gasteiger partial charge in [-0.15, -0.1) is 0 Å². The van der Waals surface area contributed by atoms with Crippen LogP contribution in [0.1, 0.15) is 35.5 Å². The summed E-state index contributed by atoms with van der Waals surface area (Å²) in [6.07, 6.45) is 1.41. The number of nitrogens with zero attached hydrogens (tertiary/aromatic N) is 3. The van der Waals surface area contributed by atoms with Crippen molar-refractivity contribution in [3.63, 3.8) is 0 Å². The number of anilines is 1. The molecule has 0 spiro atoms. The number of hydrogen-bond donors (Lipinski definition) is 2. The first-order valence-corrected chi connectivity index (χ1v) is 6.66. The number of aromatic amines is 1. The fourth-order valence-electron chi connectivity index (χ4n) is 2.37. The first-order valence-electron chi connectivity index (χ1n) is 6.66. The van der Waals surface area contributed by atoms with Gasteiger partial charge in [0.2, 0.25) is 0 Å². The molecule has 0 unspecified atom stereocenters. The van der Waals surface area contributed by atoms with Crippen LogP contribution in [0.5, 0.6) is 0 Å². The largest absolute Gasteiger partial charge is 0.321 e. The molecule has 6 nitrogen and oxygen atoms in total. The molecule has 1 aromatic carbocycles. The zero-order valence-corrected chi connectivity index (χ0v) is 11.6. The molecule has 0 saturated carbocycles. The van der Waals surface area contributed by atoms with Gasteiger partial charge in [0.05, 0.1) is 6.20 Å². The Bertz CT molecular complexity index is 620. The molecule has 2 heterocycles. The summed E-state index contributed by atoms with van der Waals surface area (Å²) in [6.45, 7) is 6.30. The van der Waals surface area contributed by atoms with Crippen molar-refractivity contribution in [1.29, 1.82) is 0 Å². The number of fused-ring (bicyclic) bond motifs is 1. The maximum Gasteiger partial charge on any atom is 0.277 e. The fourth-order valence-corrected chi connectivity index (χ4v) is 2.37. The van der Waals surface area contributed by atoms with Crippen LogP contribution in [0.4, 0.5) is 5.69 Å². The van der Waals surface area contributed by atoms with E-state index in [9.17, 15) is 4.79 Å². The van der Waals surface area contributed by atoms with Crippen molar-refractivity contribution in [2.24, 2.45) is 0 Å². The molecule has 0 aliphatic carbocycles. The highest BCUT2D eigenvalue weighted by atomic mass is 16.2. The summed E-state index contributed by atoms with van der Waals surface area (Å²) in [7, 11) is 0. The van der Waals surface area contributed by atoms with Crippen LogP contribution in [-0.4, -0.2) is 32.3 Å². The average Bonchev–Trinajstić information content (AvgIpc) is 3.07. The maximum atomic E-state index is 11.9. The molecule has 2 N–H and O–H groups in total. The molecule has 1 aromatic heterocycles. The van der Waals surface area contributed by atoms with E-state index in [4.69, 9.17) is 0 Å². The van der Waals surface area contributed by atoms with Crippen LogP contribution in [0.2, 0.25) is 0 Å². The van der Waals surface area contributed by atoms with Crippen molar-refractivity contribution in [3.8, 4) is 0 Å². The fraction of sp³-hybridized carbons (Fsp3) is 0.357. The van der Waals surface area contributed by atoms with Gasteiger partial charge in [-0.25, -0.2) is 0 Å². The van der Waals surface area contributed by atoms with Crippen molar-refractivity contribution < 1.29 is 4.79 Å². The van der Waals surface area contributed by atoms with Crippen molar-refractivity contribution in [1.82, 2.24) is 20.3 Å². The molecule has 0 saturated heterocycles. The summed E-state index contributed by atoms with van der Waals surface area (Å²) < 4.78 is 0. The Hall–Kier alpha value is -2.21. The van der Waals surface area contributed by atoms with E-state index in [1.807, 2.05) is 12.1 Å². The average molecular weight is 271 g/mol. The SMILES string of the molecule is CC(C)N1Cc2ccc(NC(=O)c3cn[nH]n3)cc2C1. The third kappa shape index (κ3) is 2.42. The lowest BCUT2D eigenvalue weighted by molar-refractivity contribution is 0.102. The number of amides is 1. The summed E-state index contributed by atoms with van der Waals surface area (Å²) in [5, 5.41) is 12.7. The number of aromatic nitrogens is 3. The summed E-state index contributed by atoms with van der Waals surface area (Å²) in [6, 6.07) is 6.57. The molecule has 20 heavy (non-hydrogen) atoms. The number of hydrogen-bond acceptors (Lipinski definition) is 4. The first-order chi connectivity index (χ1) is 9.63. The van der Waals surface area contributed by atoms with E-state index in [-0.39, 0.29) is 11.6 Å². The molecular weight excluding hydrogens is 254 g/mol. The van der Waals surface area contributed by atoms with Crippen LogP contribution in [0.3, 0.4) is 0 Å². The predicted molar refractivity (Wildman–Crippen MR) is 75.2 cm³/mol. The van der Waals surface area contributed by atoms with Crippen molar-refractivity contribution in [2.75, 3.05) is 5.32 Å². The molecule has 0 fully saturated rings. The minimum Gasteiger partial charge on any atom is -0.321 e. The molecule has 1 amide bonds. The van der Waals surface area contributed by atoms with Crippen LogP contribution < -0.4 is 5.32 Å². The van der Waals surface area contributed by atoms with Gasteiger partial charge >= 0.3 is 0 Å². The second kappa shape index (κ2) is 5.05. The molecule has 3 rings (SSSR count). The Morgan fingerprint density at radius 3 is 2.85 bits per heavy atom. The van der Waals surface area contributed by atoms with E-state index in [1.165, 1.54) is 17.3 Å². The van der Waals surface area contributed by atoms with Crippen molar-refractivity contribution in [3.05, 3.63) is 41.2 Å². The summed E-state index contributed by atoms with van der Waals surface area (Å²) >= 11 is 0. The van der Waals surface area contributed by atoms with Gasteiger partial charge < -0.3 is 5.32 Å². The van der Waals surface area contributed by atoms with E-state index in [0.717, 1.165) is 18.8 Å². The van der Waals surface area contributed by atoms with Gasteiger partial charge in [0.15, 0.2) is 5.69 Å². The number of carbonyl (C=O) groups excluding carboxylic acids is 1. The predicted octanol–water partition coefficient (Wildman–Crippen LogP) is 1.78. The van der Waals surface area contributed by atoms with Gasteiger partial charge in [0.25, 0.3) is 5.91 Å². The van der Waals surface area contributed by atoms with Crippen molar-refractivity contribution in [2.45, 2.75) is 33.0 Å². The van der Waals surface area contributed by atoms with E-state index < -0.39 is 0 Å². The highest BCUT2D eigenvalue weighted by molar-refractivity contribution is 6.02. The highest BCUT2D eigenvalue weighted by Crippen LogP contribution is 2.27. The zero-order chi connectivity index (χ0) is 14.1. The van der Waals surface area contributed by atoms with E-state index >= 15 is 0 Å². The van der Waals surface area contributed by atoms with Gasteiger partial charge in [-0.05, 0) is 37.1 Å². The third-order valence-electron chi connectivity index (χ3n) is 3.59. The van der Waals surface area contributed by atoms with E-state index in [0.29, 0.717) is 6.04 Å². The molecule has 1 aliphatic rings. The van der Waals surface area contributed by atoms with Crippen LogP contribution in [0.25, 0.3) is 0 Å². The van der Waals surface area contributed by atoms with Gasteiger partial charge in [0, 0.05) is 24.8 Å². The molecule has 6 heteroatoms. The quantitative estimate of drug-likeness (QED) is 0.892. The number of carbonyl (C=O) groups is 1. The number of H-pyrrole nitrogens is 1. The summed E-state index contributed by atoms with van der Waals surface area (Å²) in [5.74, 6) is -0.252. The van der Waals surface area contributed by atoms with Gasteiger partial charge in [-0.1, -0.05) is 6.07 Å². The first kappa shape index (κ1) is 12.8. The molecule has 0 radical (unpaired) electrons. The lowest BCUT2D eigenvalue weighted by atomic mass is 10.1. The molecule has 104 valence electrons. The second-order valence-electron chi connectivity index (χ2n) is 5.29. The molecular formula is C14H17N5O. The lowest BCUT2D eigenvalue weighted by Crippen LogP contribution is -2.24. The smallest absolute Gasteiger partial charge is 0.277 e. The molecule has 0 bridgehead atoms. The standard InChI is InChI=1S/C14H17N5O/c1-9(2)19-7-10-3-4-12(5-11(10)8-19)16-14(20)13-6-15-18-17-13/h3-6,9H,7-8H2,1-2H3,(H,16,20)(H,15,17,18). The van der Waals surface area contributed by atoms with Crippen LogP contribution in [0.15, 0.2) is 24.4 Å². The van der Waals surface area contributed by atoms with Crippen LogP contribution >= 0.6 is 0 Å². The van der Waals surface area contributed by atoms with E-state index in [2.05, 4.69) is 45.5 Å². The van der Waals surface area contributed by atoms with Crippen molar-refractivity contribution >= 4 is 11.6 Å². The Morgan fingerprint density at radius 1 is 1.35 bits per heavy atom. The monoisotopic (exact) mass is 271 g/mol. The minimum absolute atomic E-state index is 0.252. The topological polar surface area (TPSA) is 73.9 Å². The van der Waals surface area contributed by atoms with E-state index in [1.54, 1.807) is 0 Å². The molecule has 2 aromatic rings. The van der Waals surface area contributed by atoms with Gasteiger partial charge in [0.1, 0.15) is 0 Å². The van der Waals surface area contributed by atoms with Crippen LogP contribution in [0, 0.1) is 0 Å². The summed E-state index contributed by atoms with van der Waals surface area (Å²) in [5.41, 5.74) is 3.69. The zero-order valence-electron chi connectivity index (χ0n) is 11.6.